The smallest absolute Gasteiger partial charge is 0.303 e. The van der Waals surface area contributed by atoms with Crippen LogP contribution in [0.4, 0.5) is 0 Å². The largest absolute Gasteiger partial charge is 0.461 e. The highest BCUT2D eigenvalue weighted by Gasteiger charge is 2.20. The predicted molar refractivity (Wildman–Crippen MR) is 96.1 cm³/mol. The zero-order valence-corrected chi connectivity index (χ0v) is 14.1. The summed E-state index contributed by atoms with van der Waals surface area (Å²) >= 11 is 0. The summed E-state index contributed by atoms with van der Waals surface area (Å²) in [5, 5.41) is 0. The fraction of sp³-hybridized carbons (Fsp3) is 0.143. The molecule has 1 aromatic heterocycles. The summed E-state index contributed by atoms with van der Waals surface area (Å²) < 4.78 is 11.0. The number of rotatable bonds is 4. The monoisotopic (exact) mass is 334 g/mol. The Bertz CT molecular complexity index is 941. The molecule has 126 valence electrons. The molecule has 2 aromatic carbocycles. The summed E-state index contributed by atoms with van der Waals surface area (Å²) in [5.74, 6) is 0.424. The molecule has 3 rings (SSSR count). The van der Waals surface area contributed by atoms with Crippen LogP contribution in [0.1, 0.15) is 18.4 Å². The van der Waals surface area contributed by atoms with Gasteiger partial charge in [0.2, 0.25) is 5.43 Å². The summed E-state index contributed by atoms with van der Waals surface area (Å²) in [6.45, 7) is 2.99. The molecule has 0 fully saturated rings. The van der Waals surface area contributed by atoms with Crippen molar-refractivity contribution in [3.05, 3.63) is 82.4 Å². The first-order valence-corrected chi connectivity index (χ1v) is 7.98. The maximum Gasteiger partial charge on any atom is 0.303 e. The van der Waals surface area contributed by atoms with Crippen LogP contribution in [0.3, 0.4) is 0 Å². The molecular formula is C21H18O4. The Labute approximate surface area is 145 Å². The number of esters is 1. The molecule has 0 saturated carbocycles. The van der Waals surface area contributed by atoms with Gasteiger partial charge in [-0.15, -0.1) is 0 Å². The molecule has 0 radical (unpaired) electrons. The lowest BCUT2D eigenvalue weighted by atomic mass is 9.97. The third-order valence-electron chi connectivity index (χ3n) is 3.89. The van der Waals surface area contributed by atoms with E-state index in [9.17, 15) is 9.59 Å². The maximum atomic E-state index is 13.3. The molecule has 0 aliphatic heterocycles. The molecule has 0 bridgehead atoms. The molecule has 0 amide bonds. The van der Waals surface area contributed by atoms with E-state index in [-0.39, 0.29) is 12.0 Å². The number of carbonyl (C=O) groups is 1. The molecule has 0 saturated heterocycles. The first-order valence-electron chi connectivity index (χ1n) is 7.98. The van der Waals surface area contributed by atoms with Gasteiger partial charge in [0.1, 0.15) is 12.4 Å². The molecule has 0 atom stereocenters. The summed E-state index contributed by atoms with van der Waals surface area (Å²) in [7, 11) is 0. The van der Waals surface area contributed by atoms with Crippen molar-refractivity contribution in [2.45, 2.75) is 20.5 Å². The zero-order valence-electron chi connectivity index (χ0n) is 14.1. The van der Waals surface area contributed by atoms with Crippen LogP contribution < -0.4 is 5.43 Å². The maximum absolute atomic E-state index is 13.3. The Morgan fingerprint density at radius 1 is 0.920 bits per heavy atom. The molecule has 4 nitrogen and oxygen atoms in total. The molecule has 0 aliphatic rings. The Kier molecular flexibility index (Phi) is 4.80. The van der Waals surface area contributed by atoms with E-state index in [0.717, 1.165) is 11.1 Å². The molecule has 1 heterocycles. The van der Waals surface area contributed by atoms with Crippen molar-refractivity contribution in [1.29, 1.82) is 0 Å². The standard InChI is InChI=1S/C21H18O4/c1-14-19(16-9-5-3-6-10-16)21(23)20(17-11-7-4-8-12-17)18(25-14)13-24-15(2)22/h3-12H,13H2,1-2H3. The van der Waals surface area contributed by atoms with E-state index >= 15 is 0 Å². The lowest BCUT2D eigenvalue weighted by Gasteiger charge is -2.13. The molecule has 0 aliphatic carbocycles. The van der Waals surface area contributed by atoms with Gasteiger partial charge in [-0.25, -0.2) is 0 Å². The number of aryl methyl sites for hydroxylation is 1. The van der Waals surface area contributed by atoms with Crippen molar-refractivity contribution < 1.29 is 13.9 Å². The number of hydrogen-bond acceptors (Lipinski definition) is 4. The number of benzene rings is 2. The molecule has 4 heteroatoms. The highest BCUT2D eigenvalue weighted by molar-refractivity contribution is 5.75. The van der Waals surface area contributed by atoms with Gasteiger partial charge in [-0.2, -0.15) is 0 Å². The van der Waals surface area contributed by atoms with Gasteiger partial charge in [-0.1, -0.05) is 60.7 Å². The normalized spacial score (nSPS) is 10.5. The van der Waals surface area contributed by atoms with Crippen LogP contribution in [0.5, 0.6) is 0 Å². The molecule has 0 spiro atoms. The van der Waals surface area contributed by atoms with Crippen molar-refractivity contribution >= 4 is 5.97 Å². The molecule has 0 unspecified atom stereocenters. The average Bonchev–Trinajstić information content (AvgIpc) is 2.61. The van der Waals surface area contributed by atoms with E-state index in [1.807, 2.05) is 60.7 Å². The van der Waals surface area contributed by atoms with Crippen LogP contribution in [0.25, 0.3) is 22.3 Å². The quantitative estimate of drug-likeness (QED) is 0.666. The van der Waals surface area contributed by atoms with E-state index in [2.05, 4.69) is 0 Å². The molecular weight excluding hydrogens is 316 g/mol. The lowest BCUT2D eigenvalue weighted by Crippen LogP contribution is -2.14. The van der Waals surface area contributed by atoms with E-state index in [0.29, 0.717) is 22.6 Å². The van der Waals surface area contributed by atoms with Crippen molar-refractivity contribution in [3.8, 4) is 22.3 Å². The van der Waals surface area contributed by atoms with Gasteiger partial charge in [0.05, 0.1) is 11.1 Å². The topological polar surface area (TPSA) is 56.5 Å². The average molecular weight is 334 g/mol. The molecule has 25 heavy (non-hydrogen) atoms. The Morgan fingerprint density at radius 2 is 1.44 bits per heavy atom. The van der Waals surface area contributed by atoms with Gasteiger partial charge in [0, 0.05) is 6.92 Å². The number of hydrogen-bond donors (Lipinski definition) is 0. The van der Waals surface area contributed by atoms with E-state index in [4.69, 9.17) is 9.15 Å². The molecule has 0 N–H and O–H groups in total. The first kappa shape index (κ1) is 16.7. The van der Waals surface area contributed by atoms with Crippen molar-refractivity contribution in [3.63, 3.8) is 0 Å². The number of ether oxygens (including phenoxy) is 1. The van der Waals surface area contributed by atoms with Gasteiger partial charge >= 0.3 is 5.97 Å². The van der Waals surface area contributed by atoms with E-state index in [1.54, 1.807) is 6.92 Å². The minimum atomic E-state index is -0.425. The van der Waals surface area contributed by atoms with E-state index < -0.39 is 5.97 Å². The second-order valence-electron chi connectivity index (χ2n) is 5.67. The third-order valence-corrected chi connectivity index (χ3v) is 3.89. The van der Waals surface area contributed by atoms with Crippen molar-refractivity contribution in [1.82, 2.24) is 0 Å². The highest BCUT2D eigenvalue weighted by Crippen LogP contribution is 2.28. The SMILES string of the molecule is CC(=O)OCc1oc(C)c(-c2ccccc2)c(=O)c1-c1ccccc1. The van der Waals surface area contributed by atoms with Crippen LogP contribution in [-0.4, -0.2) is 5.97 Å². The molecule has 3 aromatic rings. The van der Waals surface area contributed by atoms with Crippen LogP contribution >= 0.6 is 0 Å². The van der Waals surface area contributed by atoms with Gasteiger partial charge < -0.3 is 9.15 Å². The Hall–Kier alpha value is -3.14. The second kappa shape index (κ2) is 7.18. The van der Waals surface area contributed by atoms with Crippen molar-refractivity contribution in [2.24, 2.45) is 0 Å². The first-order chi connectivity index (χ1) is 12.1. The lowest BCUT2D eigenvalue weighted by molar-refractivity contribution is -0.142. The van der Waals surface area contributed by atoms with Gasteiger partial charge in [-0.3, -0.25) is 9.59 Å². The summed E-state index contributed by atoms with van der Waals surface area (Å²) in [6.07, 6.45) is 0. The van der Waals surface area contributed by atoms with E-state index in [1.165, 1.54) is 6.92 Å². The second-order valence-corrected chi connectivity index (χ2v) is 5.67. The van der Waals surface area contributed by atoms with Crippen LogP contribution in [0.2, 0.25) is 0 Å². The number of carbonyl (C=O) groups excluding carboxylic acids is 1. The Morgan fingerprint density at radius 3 is 1.96 bits per heavy atom. The fourth-order valence-electron chi connectivity index (χ4n) is 2.80. The van der Waals surface area contributed by atoms with Gasteiger partial charge in [-0.05, 0) is 18.1 Å². The highest BCUT2D eigenvalue weighted by atomic mass is 16.5. The van der Waals surface area contributed by atoms with Crippen LogP contribution in [-0.2, 0) is 16.1 Å². The summed E-state index contributed by atoms with van der Waals surface area (Å²) in [6, 6.07) is 18.7. The minimum absolute atomic E-state index is 0.0787. The summed E-state index contributed by atoms with van der Waals surface area (Å²) in [4.78, 5) is 24.4. The van der Waals surface area contributed by atoms with Crippen LogP contribution in [0, 0.1) is 6.92 Å². The van der Waals surface area contributed by atoms with Gasteiger partial charge in [0.15, 0.2) is 5.76 Å². The van der Waals surface area contributed by atoms with Gasteiger partial charge in [0.25, 0.3) is 0 Å². The minimum Gasteiger partial charge on any atom is -0.461 e. The third kappa shape index (κ3) is 3.53. The predicted octanol–water partition coefficient (Wildman–Crippen LogP) is 4.35. The fourth-order valence-corrected chi connectivity index (χ4v) is 2.80. The Balaban J connectivity index is 2.25. The van der Waals surface area contributed by atoms with Crippen LogP contribution in [0.15, 0.2) is 69.9 Å². The zero-order chi connectivity index (χ0) is 17.8. The summed E-state index contributed by atoms with van der Waals surface area (Å²) in [5.41, 5.74) is 2.33. The van der Waals surface area contributed by atoms with Crippen molar-refractivity contribution in [2.75, 3.05) is 0 Å².